The minimum atomic E-state index is 0.106. The molecule has 0 spiro atoms. The Labute approximate surface area is 88.3 Å². The highest BCUT2D eigenvalue weighted by Gasteiger charge is 2.11. The van der Waals surface area contributed by atoms with E-state index in [1.54, 1.807) is 6.20 Å². The van der Waals surface area contributed by atoms with Gasteiger partial charge in [-0.3, -0.25) is 4.79 Å². The van der Waals surface area contributed by atoms with Gasteiger partial charge in [0.1, 0.15) is 0 Å². The van der Waals surface area contributed by atoms with Gasteiger partial charge in [-0.2, -0.15) is 0 Å². The number of aromatic nitrogens is 1. The molecule has 15 heavy (non-hydrogen) atoms. The summed E-state index contributed by atoms with van der Waals surface area (Å²) in [4.78, 5) is 14.9. The van der Waals surface area contributed by atoms with E-state index in [1.807, 2.05) is 25.1 Å². The summed E-state index contributed by atoms with van der Waals surface area (Å²) in [5.74, 6) is 0.106. The van der Waals surface area contributed by atoms with E-state index in [2.05, 4.69) is 4.98 Å². The molecule has 3 heteroatoms. The molecule has 0 bridgehead atoms. The fraction of sp³-hybridized carbons (Fsp3) is 0.250. The van der Waals surface area contributed by atoms with E-state index >= 15 is 0 Å². The van der Waals surface area contributed by atoms with Gasteiger partial charge in [-0.05, 0) is 19.0 Å². The Morgan fingerprint density at radius 1 is 1.47 bits per heavy atom. The smallest absolute Gasteiger partial charge is 0.166 e. The van der Waals surface area contributed by atoms with Gasteiger partial charge in [0.25, 0.3) is 0 Å². The number of carbonyl (C=O) groups excluding carboxylic acids is 1. The lowest BCUT2D eigenvalue weighted by Crippen LogP contribution is -2.07. The van der Waals surface area contributed by atoms with Gasteiger partial charge in [0.15, 0.2) is 5.78 Å². The molecule has 3 nitrogen and oxygen atoms in total. The van der Waals surface area contributed by atoms with Crippen LogP contribution in [0.3, 0.4) is 0 Å². The van der Waals surface area contributed by atoms with Gasteiger partial charge in [0.05, 0.1) is 0 Å². The number of ketones is 1. The maximum Gasteiger partial charge on any atom is 0.166 e. The van der Waals surface area contributed by atoms with Crippen LogP contribution in [0, 0.1) is 6.92 Å². The van der Waals surface area contributed by atoms with Crippen molar-refractivity contribution >= 4 is 16.7 Å². The molecule has 78 valence electrons. The number of rotatable bonds is 3. The summed E-state index contributed by atoms with van der Waals surface area (Å²) >= 11 is 0. The number of hydrogen-bond acceptors (Lipinski definition) is 2. The highest BCUT2D eigenvalue weighted by Crippen LogP contribution is 2.21. The number of H-pyrrole nitrogens is 1. The first-order valence-electron chi connectivity index (χ1n) is 5.04. The van der Waals surface area contributed by atoms with E-state index in [0.29, 0.717) is 13.0 Å². The van der Waals surface area contributed by atoms with Crippen LogP contribution in [0.15, 0.2) is 24.4 Å². The number of aryl methyl sites for hydroxylation is 1. The zero-order valence-corrected chi connectivity index (χ0v) is 8.71. The van der Waals surface area contributed by atoms with Crippen molar-refractivity contribution in [3.63, 3.8) is 0 Å². The fourth-order valence-electron chi connectivity index (χ4n) is 1.80. The number of aromatic amines is 1. The number of Topliss-reactive ketones (excluding diaryl/α,β-unsaturated/α-hetero) is 1. The lowest BCUT2D eigenvalue weighted by atomic mass is 10.1. The summed E-state index contributed by atoms with van der Waals surface area (Å²) in [7, 11) is 0. The van der Waals surface area contributed by atoms with Crippen molar-refractivity contribution in [2.75, 3.05) is 6.54 Å². The number of hydrogen-bond donors (Lipinski definition) is 2. The monoisotopic (exact) mass is 202 g/mol. The first-order chi connectivity index (χ1) is 7.24. The number of para-hydroxylation sites is 1. The first-order valence-corrected chi connectivity index (χ1v) is 5.04. The SMILES string of the molecule is Cc1cccc2c(C(=O)CCN)c[nH]c12. The standard InChI is InChI=1S/C12H14N2O/c1-8-3-2-4-9-10(7-14-12(8)9)11(15)5-6-13/h2-4,7,14H,5-6,13H2,1H3. The summed E-state index contributed by atoms with van der Waals surface area (Å²) in [6, 6.07) is 5.95. The third-order valence-corrected chi connectivity index (χ3v) is 2.60. The molecule has 0 atom stereocenters. The number of fused-ring (bicyclic) bond motifs is 1. The van der Waals surface area contributed by atoms with Crippen molar-refractivity contribution in [3.8, 4) is 0 Å². The van der Waals surface area contributed by atoms with E-state index in [9.17, 15) is 4.79 Å². The normalized spacial score (nSPS) is 10.8. The van der Waals surface area contributed by atoms with Crippen molar-refractivity contribution in [3.05, 3.63) is 35.5 Å². The Bertz CT molecular complexity index is 499. The molecule has 0 aliphatic heterocycles. The molecule has 0 saturated heterocycles. The molecule has 0 aliphatic carbocycles. The lowest BCUT2D eigenvalue weighted by molar-refractivity contribution is 0.0987. The van der Waals surface area contributed by atoms with Crippen LogP contribution in [0.4, 0.5) is 0 Å². The Hall–Kier alpha value is -1.61. The summed E-state index contributed by atoms with van der Waals surface area (Å²) in [6.07, 6.45) is 2.18. The summed E-state index contributed by atoms with van der Waals surface area (Å²) in [6.45, 7) is 2.42. The minimum Gasteiger partial charge on any atom is -0.360 e. The first kappa shape index (κ1) is 9.93. The quantitative estimate of drug-likeness (QED) is 0.748. The van der Waals surface area contributed by atoms with E-state index in [1.165, 1.54) is 0 Å². The van der Waals surface area contributed by atoms with Gasteiger partial charge < -0.3 is 10.7 Å². The molecule has 1 aromatic carbocycles. The van der Waals surface area contributed by atoms with E-state index < -0.39 is 0 Å². The Kier molecular flexibility index (Phi) is 2.56. The van der Waals surface area contributed by atoms with E-state index in [4.69, 9.17) is 5.73 Å². The van der Waals surface area contributed by atoms with Crippen molar-refractivity contribution in [2.45, 2.75) is 13.3 Å². The highest BCUT2D eigenvalue weighted by molar-refractivity contribution is 6.08. The summed E-state index contributed by atoms with van der Waals surface area (Å²) in [5, 5.41) is 0.994. The maximum absolute atomic E-state index is 11.7. The van der Waals surface area contributed by atoms with Crippen molar-refractivity contribution in [1.29, 1.82) is 0 Å². The number of carbonyl (C=O) groups is 1. The average molecular weight is 202 g/mol. The third kappa shape index (κ3) is 1.66. The second-order valence-electron chi connectivity index (χ2n) is 3.66. The molecule has 0 radical (unpaired) electrons. The molecule has 2 aromatic rings. The van der Waals surface area contributed by atoms with Crippen LogP contribution in [-0.2, 0) is 0 Å². The number of nitrogens with two attached hydrogens (primary N) is 1. The molecule has 0 fully saturated rings. The van der Waals surface area contributed by atoms with Crippen LogP contribution >= 0.6 is 0 Å². The predicted molar refractivity (Wildman–Crippen MR) is 61.0 cm³/mol. The van der Waals surface area contributed by atoms with Gasteiger partial charge in [-0.1, -0.05) is 18.2 Å². The molecule has 0 saturated carbocycles. The molecule has 1 aromatic heterocycles. The third-order valence-electron chi connectivity index (χ3n) is 2.60. The molecule has 0 aliphatic rings. The summed E-state index contributed by atoms with van der Waals surface area (Å²) in [5.41, 5.74) is 8.32. The van der Waals surface area contributed by atoms with Crippen LogP contribution in [0.5, 0.6) is 0 Å². The molecule has 2 rings (SSSR count). The van der Waals surface area contributed by atoms with Crippen molar-refractivity contribution in [1.82, 2.24) is 4.98 Å². The largest absolute Gasteiger partial charge is 0.360 e. The van der Waals surface area contributed by atoms with E-state index in [0.717, 1.165) is 22.0 Å². The Morgan fingerprint density at radius 3 is 3.00 bits per heavy atom. The number of benzene rings is 1. The second-order valence-corrected chi connectivity index (χ2v) is 3.66. The zero-order valence-electron chi connectivity index (χ0n) is 8.71. The van der Waals surface area contributed by atoms with Gasteiger partial charge in [0.2, 0.25) is 0 Å². The zero-order chi connectivity index (χ0) is 10.8. The molecule has 1 heterocycles. The maximum atomic E-state index is 11.7. The van der Waals surface area contributed by atoms with Crippen LogP contribution in [-0.4, -0.2) is 17.3 Å². The molecule has 0 amide bonds. The van der Waals surface area contributed by atoms with Gasteiger partial charge in [-0.15, -0.1) is 0 Å². The fourth-order valence-corrected chi connectivity index (χ4v) is 1.80. The second kappa shape index (κ2) is 3.87. The van der Waals surface area contributed by atoms with Crippen LogP contribution in [0.2, 0.25) is 0 Å². The van der Waals surface area contributed by atoms with Crippen LogP contribution < -0.4 is 5.73 Å². The van der Waals surface area contributed by atoms with Crippen LogP contribution in [0.25, 0.3) is 10.9 Å². The lowest BCUT2D eigenvalue weighted by Gasteiger charge is -1.98. The van der Waals surface area contributed by atoms with Gasteiger partial charge in [-0.25, -0.2) is 0 Å². The average Bonchev–Trinajstić information content (AvgIpc) is 2.63. The highest BCUT2D eigenvalue weighted by atomic mass is 16.1. The minimum absolute atomic E-state index is 0.106. The Morgan fingerprint density at radius 2 is 2.27 bits per heavy atom. The van der Waals surface area contributed by atoms with E-state index in [-0.39, 0.29) is 5.78 Å². The van der Waals surface area contributed by atoms with Crippen molar-refractivity contribution in [2.24, 2.45) is 5.73 Å². The molecule has 3 N–H and O–H groups in total. The van der Waals surface area contributed by atoms with Crippen molar-refractivity contribution < 1.29 is 4.79 Å². The molecular weight excluding hydrogens is 188 g/mol. The van der Waals surface area contributed by atoms with Crippen LogP contribution in [0.1, 0.15) is 22.3 Å². The predicted octanol–water partition coefficient (Wildman–Crippen LogP) is 2.01. The molecular formula is C12H14N2O. The summed E-state index contributed by atoms with van der Waals surface area (Å²) < 4.78 is 0. The topological polar surface area (TPSA) is 58.9 Å². The molecule has 0 unspecified atom stereocenters. The Balaban J connectivity index is 2.54. The number of nitrogens with one attached hydrogen (secondary N) is 1. The van der Waals surface area contributed by atoms with Gasteiger partial charge in [0, 0.05) is 29.1 Å². The van der Waals surface area contributed by atoms with Gasteiger partial charge >= 0.3 is 0 Å².